The van der Waals surface area contributed by atoms with E-state index in [-0.39, 0.29) is 11.3 Å². The van der Waals surface area contributed by atoms with Crippen molar-refractivity contribution >= 4 is 11.1 Å². The van der Waals surface area contributed by atoms with Crippen molar-refractivity contribution < 1.29 is 13.2 Å². The third kappa shape index (κ3) is 4.00. The summed E-state index contributed by atoms with van der Waals surface area (Å²) in [4.78, 5) is 4.18. The maximum atomic E-state index is 14.3. The minimum atomic E-state index is -2.07. The van der Waals surface area contributed by atoms with Crippen LogP contribution in [0.4, 0.5) is 4.39 Å². The molecule has 0 spiro atoms. The molecule has 0 saturated carbocycles. The summed E-state index contributed by atoms with van der Waals surface area (Å²) in [6, 6.07) is 12.9. The molecule has 5 heteroatoms. The lowest BCUT2D eigenvalue weighted by Crippen LogP contribution is -1.97. The first-order chi connectivity index (χ1) is 11.9. The second kappa shape index (κ2) is 7.25. The van der Waals surface area contributed by atoms with E-state index < -0.39 is 16.9 Å². The van der Waals surface area contributed by atoms with Crippen LogP contribution in [-0.4, -0.2) is 13.7 Å². The predicted molar refractivity (Wildman–Crippen MR) is 99.0 cm³/mol. The molecule has 1 unspecified atom stereocenters. The fourth-order valence-corrected chi connectivity index (χ4v) is 3.47. The van der Waals surface area contributed by atoms with Crippen LogP contribution in [0.1, 0.15) is 16.7 Å². The maximum absolute atomic E-state index is 14.3. The number of aryl methyl sites for hydroxylation is 2. The van der Waals surface area contributed by atoms with Crippen LogP contribution in [0.5, 0.6) is 0 Å². The molecule has 0 aliphatic heterocycles. The molecule has 1 N–H and O–H groups in total. The number of hydrogen-bond donors (Lipinski definition) is 1. The minimum absolute atomic E-state index is 0.219. The Labute approximate surface area is 148 Å². The van der Waals surface area contributed by atoms with E-state index in [4.69, 9.17) is 4.55 Å². The molecule has 0 bridgehead atoms. The largest absolute Gasteiger partial charge is 0.306 e. The van der Waals surface area contributed by atoms with Gasteiger partial charge in [-0.1, -0.05) is 41.5 Å². The Morgan fingerprint density at radius 3 is 2.36 bits per heavy atom. The van der Waals surface area contributed by atoms with Crippen molar-refractivity contribution in [1.82, 2.24) is 4.98 Å². The molecule has 0 radical (unpaired) electrons. The van der Waals surface area contributed by atoms with Gasteiger partial charge >= 0.3 is 0 Å². The number of benzene rings is 2. The van der Waals surface area contributed by atoms with Crippen molar-refractivity contribution in [2.75, 3.05) is 0 Å². The molecule has 3 aromatic rings. The third-order valence-corrected chi connectivity index (χ3v) is 4.55. The monoisotopic (exact) mass is 355 g/mol. The minimum Gasteiger partial charge on any atom is -0.306 e. The van der Waals surface area contributed by atoms with Gasteiger partial charge in [0.15, 0.2) is 11.1 Å². The van der Waals surface area contributed by atoms with E-state index in [2.05, 4.69) is 23.2 Å². The first-order valence-corrected chi connectivity index (χ1v) is 9.10. The summed E-state index contributed by atoms with van der Waals surface area (Å²) in [6.45, 7) is 4.08. The smallest absolute Gasteiger partial charge is 0.157 e. The van der Waals surface area contributed by atoms with E-state index >= 15 is 0 Å². The van der Waals surface area contributed by atoms with Crippen LogP contribution >= 0.6 is 0 Å². The van der Waals surface area contributed by atoms with Crippen molar-refractivity contribution in [1.29, 1.82) is 0 Å². The Balaban J connectivity index is 2.10. The van der Waals surface area contributed by atoms with Gasteiger partial charge in [-0.15, -0.1) is 0 Å². The Morgan fingerprint density at radius 2 is 1.72 bits per heavy atom. The number of halogens is 1. The second-order valence-corrected chi connectivity index (χ2v) is 7.00. The molecule has 1 heterocycles. The zero-order valence-electron chi connectivity index (χ0n) is 14.0. The van der Waals surface area contributed by atoms with Gasteiger partial charge in [-0.05, 0) is 42.7 Å². The summed E-state index contributed by atoms with van der Waals surface area (Å²) in [7, 11) is 0. The molecule has 0 saturated heterocycles. The lowest BCUT2D eigenvalue weighted by molar-refractivity contribution is 0.559. The van der Waals surface area contributed by atoms with Crippen molar-refractivity contribution in [3.8, 4) is 22.3 Å². The van der Waals surface area contributed by atoms with Gasteiger partial charge in [-0.25, -0.2) is 8.60 Å². The summed E-state index contributed by atoms with van der Waals surface area (Å²) in [6.07, 6.45) is 3.43. The van der Waals surface area contributed by atoms with Gasteiger partial charge in [0.25, 0.3) is 0 Å². The van der Waals surface area contributed by atoms with Crippen molar-refractivity contribution in [2.24, 2.45) is 0 Å². The van der Waals surface area contributed by atoms with Crippen molar-refractivity contribution in [3.05, 3.63) is 77.4 Å². The van der Waals surface area contributed by atoms with Crippen molar-refractivity contribution in [3.63, 3.8) is 0 Å². The van der Waals surface area contributed by atoms with Crippen LogP contribution in [0.15, 0.2) is 54.9 Å². The average molecular weight is 355 g/mol. The molecular weight excluding hydrogens is 337 g/mol. The van der Waals surface area contributed by atoms with E-state index in [1.165, 1.54) is 6.07 Å². The molecule has 3 rings (SSSR count). The topological polar surface area (TPSA) is 50.2 Å². The van der Waals surface area contributed by atoms with Crippen LogP contribution in [0, 0.1) is 19.7 Å². The number of rotatable bonds is 4. The summed E-state index contributed by atoms with van der Waals surface area (Å²) >= 11 is -2.07. The molecule has 3 nitrogen and oxygen atoms in total. The van der Waals surface area contributed by atoms with E-state index in [0.29, 0.717) is 5.56 Å². The molecule has 0 amide bonds. The number of aromatic nitrogens is 1. The standard InChI is InChI=1S/C20H18FNO2S/c1-13-7-14(2)9-17(8-13)18-5-6-22-11-19(18)15-3-4-16(12-25(23)24)20(21)10-15/h3-11H,12H2,1-2H3,(H,23,24). The molecule has 2 aromatic carbocycles. The van der Waals surface area contributed by atoms with Gasteiger partial charge in [-0.2, -0.15) is 0 Å². The summed E-state index contributed by atoms with van der Waals surface area (Å²) in [5, 5.41) is 0. The molecule has 1 aromatic heterocycles. The lowest BCUT2D eigenvalue weighted by Gasteiger charge is -2.12. The number of pyridine rings is 1. The zero-order chi connectivity index (χ0) is 18.0. The van der Waals surface area contributed by atoms with E-state index in [1.807, 2.05) is 19.9 Å². The summed E-state index contributed by atoms with van der Waals surface area (Å²) in [5.41, 5.74) is 6.07. The summed E-state index contributed by atoms with van der Waals surface area (Å²) < 4.78 is 34.2. The van der Waals surface area contributed by atoms with Crippen LogP contribution in [0.2, 0.25) is 0 Å². The highest BCUT2D eigenvalue weighted by Crippen LogP contribution is 2.33. The Bertz CT molecular complexity index is 936. The van der Waals surface area contributed by atoms with Gasteiger partial charge in [-0.3, -0.25) is 4.98 Å². The first-order valence-electron chi connectivity index (χ1n) is 7.83. The number of hydrogen-bond acceptors (Lipinski definition) is 2. The van der Waals surface area contributed by atoms with Gasteiger partial charge in [0.05, 0.1) is 5.75 Å². The molecule has 0 aliphatic carbocycles. The molecule has 1 atom stereocenters. The molecule has 25 heavy (non-hydrogen) atoms. The van der Waals surface area contributed by atoms with Gasteiger partial charge in [0.1, 0.15) is 5.82 Å². The van der Waals surface area contributed by atoms with Gasteiger partial charge < -0.3 is 4.55 Å². The summed E-state index contributed by atoms with van der Waals surface area (Å²) in [5.74, 6) is -0.710. The number of nitrogens with zero attached hydrogens (tertiary/aromatic N) is 1. The highest BCUT2D eigenvalue weighted by molar-refractivity contribution is 7.78. The Hall–Kier alpha value is -2.37. The zero-order valence-corrected chi connectivity index (χ0v) is 14.8. The van der Waals surface area contributed by atoms with E-state index in [1.54, 1.807) is 24.5 Å². The SMILES string of the molecule is Cc1cc(C)cc(-c2ccncc2-c2ccc(CS(=O)O)c(F)c2)c1. The van der Waals surface area contributed by atoms with Crippen molar-refractivity contribution in [2.45, 2.75) is 19.6 Å². The predicted octanol–water partition coefficient (Wildman–Crippen LogP) is 4.89. The highest BCUT2D eigenvalue weighted by Gasteiger charge is 2.12. The van der Waals surface area contributed by atoms with E-state index in [0.717, 1.165) is 27.8 Å². The normalized spacial score (nSPS) is 12.2. The molecule has 0 aliphatic rings. The molecule has 0 fully saturated rings. The van der Waals surface area contributed by atoms with Crippen LogP contribution in [0.3, 0.4) is 0 Å². The maximum Gasteiger partial charge on any atom is 0.157 e. The quantitative estimate of drug-likeness (QED) is 0.678. The lowest BCUT2D eigenvalue weighted by atomic mass is 9.94. The van der Waals surface area contributed by atoms with Crippen LogP contribution in [-0.2, 0) is 16.8 Å². The Morgan fingerprint density at radius 1 is 1.00 bits per heavy atom. The van der Waals surface area contributed by atoms with Gasteiger partial charge in [0, 0.05) is 23.5 Å². The van der Waals surface area contributed by atoms with Crippen LogP contribution in [0.25, 0.3) is 22.3 Å². The van der Waals surface area contributed by atoms with Crippen LogP contribution < -0.4 is 0 Å². The fourth-order valence-electron chi connectivity index (χ4n) is 2.97. The van der Waals surface area contributed by atoms with Gasteiger partial charge in [0.2, 0.25) is 0 Å². The Kier molecular flexibility index (Phi) is 5.06. The second-order valence-electron chi connectivity index (χ2n) is 6.07. The fraction of sp³-hybridized carbons (Fsp3) is 0.150. The molecular formula is C20H18FNO2S. The average Bonchev–Trinajstić information content (AvgIpc) is 2.55. The molecule has 128 valence electrons. The highest BCUT2D eigenvalue weighted by atomic mass is 32.2. The van der Waals surface area contributed by atoms with E-state index in [9.17, 15) is 8.60 Å². The third-order valence-electron chi connectivity index (χ3n) is 4.00. The first kappa shape index (κ1) is 17.5.